The number of imidazole rings is 2. The molecule has 17 nitrogen and oxygen atoms in total. The van der Waals surface area contributed by atoms with Crippen molar-refractivity contribution in [3.63, 3.8) is 0 Å². The van der Waals surface area contributed by atoms with Gasteiger partial charge in [-0.1, -0.05) is 27.7 Å². The maximum atomic E-state index is 14.0. The SMILES string of the molecule is COCC1CC(c2ncc(-c3cc4c5c(c3)OCc3cc(-c6cnc(CCCC(C)NC(=O)C(NC(=O)OC)C(C)C)[nH]6)cc(c3-5)OC4)[nH]2)N(C(=O)C(NC(=O)OC)C(C)C)C1. The summed E-state index contributed by atoms with van der Waals surface area (Å²) in [6.07, 6.45) is 5.20. The second-order valence-electron chi connectivity index (χ2n) is 17.1. The fourth-order valence-corrected chi connectivity index (χ4v) is 8.64. The first kappa shape index (κ1) is 44.0. The molecule has 5 heterocycles. The molecular formula is C45H58N8O9. The number of aromatic amines is 2. The van der Waals surface area contributed by atoms with Crippen molar-refractivity contribution >= 4 is 24.0 Å². The topological polar surface area (TPSA) is 211 Å². The van der Waals surface area contributed by atoms with Crippen LogP contribution in [-0.2, 0) is 43.4 Å². The Morgan fingerprint density at radius 1 is 0.790 bits per heavy atom. The maximum absolute atomic E-state index is 14.0. The maximum Gasteiger partial charge on any atom is 0.407 e. The van der Waals surface area contributed by atoms with Crippen LogP contribution in [0, 0.1) is 17.8 Å². The Bertz CT molecular complexity index is 2240. The summed E-state index contributed by atoms with van der Waals surface area (Å²) in [4.78, 5) is 68.9. The fourth-order valence-electron chi connectivity index (χ4n) is 8.64. The average molecular weight is 855 g/mol. The van der Waals surface area contributed by atoms with Crippen molar-refractivity contribution in [2.75, 3.05) is 34.5 Å². The zero-order valence-electron chi connectivity index (χ0n) is 36.7. The van der Waals surface area contributed by atoms with Crippen LogP contribution >= 0.6 is 0 Å². The molecule has 332 valence electrons. The molecule has 1 saturated heterocycles. The number of likely N-dealkylation sites (tertiary alicyclic amines) is 1. The van der Waals surface area contributed by atoms with Gasteiger partial charge in [0.15, 0.2) is 0 Å². The van der Waals surface area contributed by atoms with E-state index in [-0.39, 0.29) is 41.7 Å². The van der Waals surface area contributed by atoms with E-state index in [1.54, 1.807) is 18.2 Å². The van der Waals surface area contributed by atoms with E-state index in [2.05, 4.69) is 47.8 Å². The lowest BCUT2D eigenvalue weighted by molar-refractivity contribution is -0.135. The normalized spacial score (nSPS) is 17.7. The van der Waals surface area contributed by atoms with Gasteiger partial charge in [0, 0.05) is 65.4 Å². The summed E-state index contributed by atoms with van der Waals surface area (Å²) in [6.45, 7) is 11.1. The molecule has 3 aliphatic rings. The summed E-state index contributed by atoms with van der Waals surface area (Å²) >= 11 is 0. The Balaban J connectivity index is 1.03. The number of carbonyl (C=O) groups is 4. The highest BCUT2D eigenvalue weighted by Gasteiger charge is 2.42. The fraction of sp³-hybridized carbons (Fsp3) is 0.511. The standard InChI is InChI=1S/C45H58N8O9/c1-23(2)39(51-44(56)59-7)42(54)48-25(5)10-9-11-36-46-17-31(49-36)27-13-29-21-62-35-16-28(14-30-22-61-34(15-27)37(29)38(30)35)32-18-47-41(50-32)33-12-26(20-58-6)19-53(33)43(55)40(24(3)4)52-45(57)60-8/h13-18,23-26,33,39-40H,9-12,19-22H2,1-8H3,(H,46,49)(H,47,50)(H,48,54)(H,51,56)(H,52,57). The van der Waals surface area contributed by atoms with Crippen LogP contribution in [0.25, 0.3) is 33.6 Å². The zero-order valence-corrected chi connectivity index (χ0v) is 36.7. The lowest BCUT2D eigenvalue weighted by atomic mass is 9.87. The molecule has 2 aromatic heterocycles. The summed E-state index contributed by atoms with van der Waals surface area (Å²) in [5.74, 6) is 2.45. The molecule has 4 amide bonds. The Labute approximate surface area is 361 Å². The van der Waals surface area contributed by atoms with Gasteiger partial charge < -0.3 is 54.5 Å². The van der Waals surface area contributed by atoms with E-state index < -0.39 is 24.3 Å². The molecule has 5 N–H and O–H groups in total. The highest BCUT2D eigenvalue weighted by molar-refractivity contribution is 5.89. The minimum atomic E-state index is -0.760. The molecular weight excluding hydrogens is 797 g/mol. The minimum absolute atomic E-state index is 0.0966. The van der Waals surface area contributed by atoms with E-state index in [1.165, 1.54) is 14.2 Å². The van der Waals surface area contributed by atoms with Crippen LogP contribution in [0.15, 0.2) is 36.7 Å². The highest BCUT2D eigenvalue weighted by atomic mass is 16.5. The van der Waals surface area contributed by atoms with Crippen LogP contribution in [0.2, 0.25) is 0 Å². The Morgan fingerprint density at radius 2 is 1.37 bits per heavy atom. The highest BCUT2D eigenvalue weighted by Crippen LogP contribution is 2.51. The number of aryl methyl sites for hydroxylation is 1. The second kappa shape index (κ2) is 18.9. The molecule has 5 atom stereocenters. The third-order valence-corrected chi connectivity index (χ3v) is 11.9. The van der Waals surface area contributed by atoms with Crippen LogP contribution in [0.5, 0.6) is 11.5 Å². The van der Waals surface area contributed by atoms with E-state index in [0.717, 1.165) is 74.9 Å². The van der Waals surface area contributed by atoms with E-state index in [1.807, 2.05) is 52.9 Å². The van der Waals surface area contributed by atoms with Gasteiger partial charge in [-0.2, -0.15) is 0 Å². The van der Waals surface area contributed by atoms with Gasteiger partial charge in [0.1, 0.15) is 48.4 Å². The van der Waals surface area contributed by atoms with Crippen LogP contribution in [-0.4, -0.2) is 101 Å². The monoisotopic (exact) mass is 854 g/mol. The molecule has 0 bridgehead atoms. The quantitative estimate of drug-likeness (QED) is 0.0877. The number of methoxy groups -OCH3 is 3. The molecule has 5 unspecified atom stereocenters. The van der Waals surface area contributed by atoms with Gasteiger partial charge in [-0.05, 0) is 62.3 Å². The van der Waals surface area contributed by atoms with E-state index in [0.29, 0.717) is 45.0 Å². The smallest absolute Gasteiger partial charge is 0.407 e. The third kappa shape index (κ3) is 9.37. The molecule has 0 saturated carbocycles. The number of alkyl carbamates (subject to hydrolysis) is 2. The molecule has 1 fully saturated rings. The van der Waals surface area contributed by atoms with Gasteiger partial charge in [-0.15, -0.1) is 0 Å². The summed E-state index contributed by atoms with van der Waals surface area (Å²) in [6, 6.07) is 6.41. The van der Waals surface area contributed by atoms with Crippen molar-refractivity contribution in [1.29, 1.82) is 0 Å². The van der Waals surface area contributed by atoms with Crippen molar-refractivity contribution in [2.45, 2.75) is 97.7 Å². The van der Waals surface area contributed by atoms with Gasteiger partial charge in [-0.25, -0.2) is 19.6 Å². The van der Waals surface area contributed by atoms with Crippen LogP contribution in [0.1, 0.15) is 82.7 Å². The lowest BCUT2D eigenvalue weighted by Gasteiger charge is -2.30. The predicted molar refractivity (Wildman–Crippen MR) is 229 cm³/mol. The van der Waals surface area contributed by atoms with E-state index >= 15 is 0 Å². The van der Waals surface area contributed by atoms with Gasteiger partial charge >= 0.3 is 12.2 Å². The number of hydrogen-bond donors (Lipinski definition) is 5. The number of carbonyl (C=O) groups excluding carboxylic acids is 4. The Hall–Kier alpha value is -6.10. The van der Waals surface area contributed by atoms with Crippen LogP contribution in [0.4, 0.5) is 9.59 Å². The number of nitrogens with one attached hydrogen (secondary N) is 5. The third-order valence-electron chi connectivity index (χ3n) is 11.9. The van der Waals surface area contributed by atoms with Crippen molar-refractivity contribution in [1.82, 2.24) is 40.8 Å². The number of amides is 4. The first-order valence-corrected chi connectivity index (χ1v) is 21.3. The molecule has 7 rings (SSSR count). The minimum Gasteiger partial charge on any atom is -0.488 e. The molecule has 0 spiro atoms. The number of benzene rings is 2. The molecule has 3 aliphatic heterocycles. The Morgan fingerprint density at radius 3 is 1.95 bits per heavy atom. The first-order chi connectivity index (χ1) is 29.8. The second-order valence-corrected chi connectivity index (χ2v) is 17.1. The molecule has 0 radical (unpaired) electrons. The largest absolute Gasteiger partial charge is 0.488 e. The van der Waals surface area contributed by atoms with E-state index in [4.69, 9.17) is 23.9 Å². The number of H-pyrrole nitrogens is 2. The first-order valence-electron chi connectivity index (χ1n) is 21.3. The van der Waals surface area contributed by atoms with Gasteiger partial charge in [0.25, 0.3) is 0 Å². The molecule has 0 aliphatic carbocycles. The lowest BCUT2D eigenvalue weighted by Crippen LogP contribution is -2.51. The van der Waals surface area contributed by atoms with Crippen molar-refractivity contribution in [3.8, 4) is 45.1 Å². The molecule has 2 aromatic carbocycles. The van der Waals surface area contributed by atoms with Gasteiger partial charge in [0.2, 0.25) is 11.8 Å². The van der Waals surface area contributed by atoms with Crippen molar-refractivity contribution in [3.05, 3.63) is 59.4 Å². The summed E-state index contributed by atoms with van der Waals surface area (Å²) < 4.78 is 27.8. The summed E-state index contributed by atoms with van der Waals surface area (Å²) in [7, 11) is 4.21. The molecule has 17 heteroatoms. The summed E-state index contributed by atoms with van der Waals surface area (Å²) in [5.41, 5.74) is 7.54. The zero-order chi connectivity index (χ0) is 44.2. The number of nitrogens with zero attached hydrogens (tertiary/aromatic N) is 3. The van der Waals surface area contributed by atoms with Crippen molar-refractivity contribution < 1.29 is 42.9 Å². The van der Waals surface area contributed by atoms with Crippen molar-refractivity contribution in [2.24, 2.45) is 17.8 Å². The van der Waals surface area contributed by atoms with Crippen LogP contribution < -0.4 is 25.4 Å². The number of ether oxygens (including phenoxy) is 5. The number of aromatic nitrogens is 4. The molecule has 62 heavy (non-hydrogen) atoms. The average Bonchev–Trinajstić information content (AvgIpc) is 4.04. The van der Waals surface area contributed by atoms with Gasteiger partial charge in [-0.3, -0.25) is 9.59 Å². The Kier molecular flexibility index (Phi) is 13.4. The van der Waals surface area contributed by atoms with E-state index in [9.17, 15) is 19.2 Å². The van der Waals surface area contributed by atoms with Crippen LogP contribution in [0.3, 0.4) is 0 Å². The van der Waals surface area contributed by atoms with Gasteiger partial charge in [0.05, 0.1) is 50.6 Å². The predicted octanol–water partition coefficient (Wildman–Crippen LogP) is 6.04. The molecule has 4 aromatic rings. The summed E-state index contributed by atoms with van der Waals surface area (Å²) in [5, 5.41) is 8.33. The number of hydrogen-bond acceptors (Lipinski definition) is 11. The number of rotatable bonds is 16.